The van der Waals surface area contributed by atoms with Gasteiger partial charge in [0.2, 0.25) is 11.8 Å². The van der Waals surface area contributed by atoms with Crippen LogP contribution in [0.25, 0.3) is 10.9 Å². The number of ether oxygens (including phenoxy) is 1. The van der Waals surface area contributed by atoms with E-state index >= 15 is 0 Å². The molecule has 8 rings (SSSR count). The summed E-state index contributed by atoms with van der Waals surface area (Å²) in [5.74, 6) is -0.0999. The highest BCUT2D eigenvalue weighted by molar-refractivity contribution is 6.25. The second-order valence-corrected chi connectivity index (χ2v) is 14.0. The number of anilines is 1. The standard InChI is InChI=1S/C34H40N2O4/c1-19(2)22-18-34-15-12-24-32(3,13-8-14-33(24,4)31(39)40-5)25(34)17-21(22)26-27(34)30(38)36(29(26)37)23-11-6-9-20-10-7-16-35-28(20)23/h6-7,9-11,16,18-19,21,24-27H,8,12-15,17H2,1-5H3/t21-,24+,25+,26+,27-,32-,33+,34-/m1/s1. The Kier molecular flexibility index (Phi) is 5.51. The van der Waals surface area contributed by atoms with Crippen LogP contribution < -0.4 is 4.90 Å². The summed E-state index contributed by atoms with van der Waals surface area (Å²) in [4.78, 5) is 48.3. The highest BCUT2D eigenvalue weighted by atomic mass is 16.5. The Morgan fingerprint density at radius 3 is 2.58 bits per heavy atom. The van der Waals surface area contributed by atoms with E-state index in [4.69, 9.17) is 4.74 Å². The first kappa shape index (κ1) is 25.9. The number of allylic oxidation sites excluding steroid dienone is 2. The number of para-hydroxylation sites is 1. The Hall–Kier alpha value is -3.02. The van der Waals surface area contributed by atoms with Crippen LogP contribution in [-0.4, -0.2) is 29.9 Å². The Morgan fingerprint density at radius 1 is 1.05 bits per heavy atom. The van der Waals surface area contributed by atoms with E-state index in [-0.39, 0.29) is 58.2 Å². The average molecular weight is 541 g/mol. The molecular formula is C34H40N2O4. The number of benzene rings is 1. The van der Waals surface area contributed by atoms with Gasteiger partial charge in [-0.1, -0.05) is 57.0 Å². The summed E-state index contributed by atoms with van der Waals surface area (Å²) < 4.78 is 5.37. The maximum absolute atomic E-state index is 14.6. The van der Waals surface area contributed by atoms with Gasteiger partial charge in [0.05, 0.1) is 35.6 Å². The molecule has 2 bridgehead atoms. The zero-order chi connectivity index (χ0) is 28.2. The molecule has 2 heterocycles. The number of hydrogen-bond donors (Lipinski definition) is 0. The molecule has 2 aromatic rings. The molecule has 210 valence electrons. The van der Waals surface area contributed by atoms with E-state index < -0.39 is 5.41 Å². The molecule has 0 radical (unpaired) electrons. The molecule has 6 nitrogen and oxygen atoms in total. The number of carbonyl (C=O) groups is 3. The summed E-state index contributed by atoms with van der Waals surface area (Å²) in [7, 11) is 1.51. The molecule has 6 heteroatoms. The minimum absolute atomic E-state index is 0.0446. The largest absolute Gasteiger partial charge is 0.469 e. The first-order valence-corrected chi connectivity index (χ1v) is 15.1. The molecule has 3 saturated carbocycles. The summed E-state index contributed by atoms with van der Waals surface area (Å²) in [6.45, 7) is 8.94. The normalized spacial score (nSPS) is 40.1. The van der Waals surface area contributed by atoms with Crippen LogP contribution in [0.15, 0.2) is 48.2 Å². The number of fused-ring (bicyclic) bond motifs is 2. The second-order valence-electron chi connectivity index (χ2n) is 14.0. The minimum Gasteiger partial charge on any atom is -0.469 e. The van der Waals surface area contributed by atoms with Crippen LogP contribution in [0.3, 0.4) is 0 Å². The molecule has 6 aliphatic rings. The summed E-state index contributed by atoms with van der Waals surface area (Å²) in [6, 6.07) is 9.62. The molecule has 1 aromatic carbocycles. The zero-order valence-electron chi connectivity index (χ0n) is 24.3. The molecular weight excluding hydrogens is 500 g/mol. The van der Waals surface area contributed by atoms with Crippen molar-refractivity contribution < 1.29 is 19.1 Å². The van der Waals surface area contributed by atoms with Gasteiger partial charge in [-0.3, -0.25) is 19.4 Å². The summed E-state index contributed by atoms with van der Waals surface area (Å²) in [5.41, 5.74) is 1.67. The van der Waals surface area contributed by atoms with E-state index in [0.29, 0.717) is 17.1 Å². The van der Waals surface area contributed by atoms with E-state index in [1.54, 1.807) is 6.20 Å². The number of hydrogen-bond acceptors (Lipinski definition) is 5. The van der Waals surface area contributed by atoms with Crippen LogP contribution in [0.4, 0.5) is 5.69 Å². The number of aromatic nitrogens is 1. The Morgan fingerprint density at radius 2 is 1.82 bits per heavy atom. The van der Waals surface area contributed by atoms with Crippen molar-refractivity contribution in [1.82, 2.24) is 4.98 Å². The maximum Gasteiger partial charge on any atom is 0.311 e. The van der Waals surface area contributed by atoms with Crippen molar-refractivity contribution in [3.8, 4) is 0 Å². The second kappa shape index (κ2) is 8.50. The molecule has 0 N–H and O–H groups in total. The zero-order valence-corrected chi connectivity index (χ0v) is 24.3. The number of imide groups is 1. The van der Waals surface area contributed by atoms with Crippen molar-refractivity contribution in [3.63, 3.8) is 0 Å². The van der Waals surface area contributed by atoms with Crippen LogP contribution in [0, 0.1) is 51.8 Å². The number of carbonyl (C=O) groups excluding carboxylic acids is 3. The van der Waals surface area contributed by atoms with Gasteiger partial charge in [0.25, 0.3) is 0 Å². The Balaban J connectivity index is 1.37. The third kappa shape index (κ3) is 3.06. The molecule has 1 saturated heterocycles. The Labute approximate surface area is 236 Å². The SMILES string of the molecule is COC(=O)[C@@]1(C)CCC[C@@]2(C)[C@@H]3C[C@@H]4C(C(C)C)=C[C@@]3(CC[C@@H]21)[C@H]1C(=O)N(c2cccc3cccnc23)C(=O)[C@@H]41. The van der Waals surface area contributed by atoms with Crippen LogP contribution in [0.2, 0.25) is 0 Å². The first-order chi connectivity index (χ1) is 19.1. The monoisotopic (exact) mass is 540 g/mol. The fourth-order valence-electron chi connectivity index (χ4n) is 10.7. The fraction of sp³-hybridized carbons (Fsp3) is 0.588. The number of rotatable bonds is 3. The lowest BCUT2D eigenvalue weighted by atomic mass is 9.34. The van der Waals surface area contributed by atoms with Crippen molar-refractivity contribution >= 4 is 34.4 Å². The third-order valence-electron chi connectivity index (χ3n) is 12.2. The molecule has 4 fully saturated rings. The molecule has 8 atom stereocenters. The maximum atomic E-state index is 14.6. The van der Waals surface area contributed by atoms with E-state index in [1.807, 2.05) is 30.3 Å². The lowest BCUT2D eigenvalue weighted by Crippen LogP contribution is -2.65. The molecule has 5 aliphatic carbocycles. The van der Waals surface area contributed by atoms with Crippen LogP contribution in [0.1, 0.15) is 66.2 Å². The van der Waals surface area contributed by atoms with Crippen molar-refractivity contribution in [2.75, 3.05) is 12.0 Å². The Bertz CT molecular complexity index is 1470. The lowest BCUT2D eigenvalue weighted by Gasteiger charge is -2.68. The minimum atomic E-state index is -0.514. The lowest BCUT2D eigenvalue weighted by molar-refractivity contribution is -0.196. The van der Waals surface area contributed by atoms with E-state index in [0.717, 1.165) is 43.9 Å². The number of nitrogens with zero attached hydrogens (tertiary/aromatic N) is 2. The van der Waals surface area contributed by atoms with Crippen molar-refractivity contribution in [2.24, 2.45) is 51.8 Å². The van der Waals surface area contributed by atoms with E-state index in [1.165, 1.54) is 17.6 Å². The predicted molar refractivity (Wildman–Crippen MR) is 153 cm³/mol. The molecule has 2 amide bonds. The highest BCUT2D eigenvalue weighted by Gasteiger charge is 2.73. The van der Waals surface area contributed by atoms with Crippen LogP contribution >= 0.6 is 0 Å². The summed E-state index contributed by atoms with van der Waals surface area (Å²) in [5, 5.41) is 0.924. The molecule has 1 aromatic heterocycles. The molecule has 40 heavy (non-hydrogen) atoms. The average Bonchev–Trinajstić information content (AvgIpc) is 3.23. The summed E-state index contributed by atoms with van der Waals surface area (Å²) >= 11 is 0. The topological polar surface area (TPSA) is 76.6 Å². The van der Waals surface area contributed by atoms with Crippen LogP contribution in [0.5, 0.6) is 0 Å². The van der Waals surface area contributed by atoms with Gasteiger partial charge in [-0.05, 0) is 80.2 Å². The van der Waals surface area contributed by atoms with Gasteiger partial charge in [-0.25, -0.2) is 4.90 Å². The first-order valence-electron chi connectivity index (χ1n) is 15.1. The highest BCUT2D eigenvalue weighted by Crippen LogP contribution is 2.74. The molecule has 1 spiro atoms. The molecule has 1 aliphatic heterocycles. The van der Waals surface area contributed by atoms with Gasteiger partial charge in [0.1, 0.15) is 0 Å². The van der Waals surface area contributed by atoms with Gasteiger partial charge < -0.3 is 4.74 Å². The summed E-state index contributed by atoms with van der Waals surface area (Å²) in [6.07, 6.45) is 9.68. The van der Waals surface area contributed by atoms with Gasteiger partial charge in [-0.2, -0.15) is 0 Å². The number of methoxy groups -OCH3 is 1. The van der Waals surface area contributed by atoms with Gasteiger partial charge in [-0.15, -0.1) is 0 Å². The number of esters is 1. The quantitative estimate of drug-likeness (QED) is 0.258. The third-order valence-corrected chi connectivity index (χ3v) is 12.2. The van der Waals surface area contributed by atoms with Crippen LogP contribution in [-0.2, 0) is 19.1 Å². The molecule has 0 unspecified atom stereocenters. The predicted octanol–water partition coefficient (Wildman–Crippen LogP) is 6.34. The number of pyridine rings is 1. The van der Waals surface area contributed by atoms with E-state index in [2.05, 4.69) is 38.8 Å². The van der Waals surface area contributed by atoms with Crippen molar-refractivity contribution in [3.05, 3.63) is 48.2 Å². The van der Waals surface area contributed by atoms with Crippen molar-refractivity contribution in [2.45, 2.75) is 66.2 Å². The van der Waals surface area contributed by atoms with Gasteiger partial charge >= 0.3 is 5.97 Å². The van der Waals surface area contributed by atoms with Gasteiger partial charge in [0.15, 0.2) is 0 Å². The fourth-order valence-corrected chi connectivity index (χ4v) is 10.7. The number of amides is 2. The van der Waals surface area contributed by atoms with Gasteiger partial charge in [0, 0.05) is 17.0 Å². The van der Waals surface area contributed by atoms with E-state index in [9.17, 15) is 14.4 Å². The van der Waals surface area contributed by atoms with Crippen molar-refractivity contribution in [1.29, 1.82) is 0 Å². The smallest absolute Gasteiger partial charge is 0.311 e.